The summed E-state index contributed by atoms with van der Waals surface area (Å²) in [6.45, 7) is 2.40. The number of carboxylic acid groups (broad SMARTS) is 1. The minimum absolute atomic E-state index is 0.142. The van der Waals surface area contributed by atoms with E-state index < -0.39 is 27.3 Å². The van der Waals surface area contributed by atoms with Crippen molar-refractivity contribution in [2.75, 3.05) is 20.1 Å². The van der Waals surface area contributed by atoms with Gasteiger partial charge in [0.05, 0.1) is 4.90 Å². The molecular weight excluding hydrogens is 284 g/mol. The molecule has 0 atom stereocenters. The first-order chi connectivity index (χ1) is 9.29. The Morgan fingerprint density at radius 2 is 1.95 bits per heavy atom. The van der Waals surface area contributed by atoms with Crippen LogP contribution in [0.25, 0.3) is 0 Å². The van der Waals surface area contributed by atoms with Gasteiger partial charge in [0.15, 0.2) is 0 Å². The van der Waals surface area contributed by atoms with E-state index >= 15 is 0 Å². The lowest BCUT2D eigenvalue weighted by Crippen LogP contribution is -2.27. The summed E-state index contributed by atoms with van der Waals surface area (Å²) in [6, 6.07) is 2.10. The van der Waals surface area contributed by atoms with Crippen LogP contribution in [-0.4, -0.2) is 44.7 Å². The molecular formula is C12H18N2O5S. The van der Waals surface area contributed by atoms with Crippen molar-refractivity contribution in [3.05, 3.63) is 23.3 Å². The molecule has 0 unspecified atom stereocenters. The molecule has 0 aliphatic heterocycles. The van der Waals surface area contributed by atoms with Gasteiger partial charge in [-0.25, -0.2) is 17.9 Å². The van der Waals surface area contributed by atoms with E-state index in [1.54, 1.807) is 7.05 Å². The second-order valence-electron chi connectivity index (χ2n) is 4.29. The van der Waals surface area contributed by atoms with Crippen molar-refractivity contribution < 1.29 is 23.4 Å². The van der Waals surface area contributed by atoms with Crippen molar-refractivity contribution in [1.29, 1.82) is 0 Å². The summed E-state index contributed by atoms with van der Waals surface area (Å²) in [7, 11) is -2.03. The molecule has 0 aliphatic carbocycles. The standard InChI is InChI=1S/C12H18N2O5S/c1-8-6-10(15)9(12(16)17)7-11(8)20(18,19)14-5-3-4-13-2/h6-7,13-15H,3-5H2,1-2H3,(H,16,17). The van der Waals surface area contributed by atoms with Gasteiger partial charge in [0.2, 0.25) is 10.0 Å². The summed E-state index contributed by atoms with van der Waals surface area (Å²) in [5.41, 5.74) is -0.153. The fourth-order valence-electron chi connectivity index (χ4n) is 1.68. The maximum Gasteiger partial charge on any atom is 0.339 e. The molecule has 112 valence electrons. The Kier molecular flexibility index (Phi) is 5.49. The number of rotatable bonds is 7. The third kappa shape index (κ3) is 3.92. The molecule has 0 aromatic heterocycles. The Balaban J connectivity index is 3.05. The zero-order valence-corrected chi connectivity index (χ0v) is 12.1. The highest BCUT2D eigenvalue weighted by atomic mass is 32.2. The predicted octanol–water partition coefficient (Wildman–Crippen LogP) is 0.287. The number of carbonyl (C=O) groups is 1. The van der Waals surface area contributed by atoms with Gasteiger partial charge in [-0.05, 0) is 44.6 Å². The lowest BCUT2D eigenvalue weighted by molar-refractivity contribution is 0.0693. The van der Waals surface area contributed by atoms with Crippen molar-refractivity contribution in [2.45, 2.75) is 18.2 Å². The molecule has 0 bridgehead atoms. The predicted molar refractivity (Wildman–Crippen MR) is 73.5 cm³/mol. The molecule has 20 heavy (non-hydrogen) atoms. The molecule has 0 aliphatic rings. The van der Waals surface area contributed by atoms with Crippen LogP contribution >= 0.6 is 0 Å². The molecule has 1 aromatic rings. The number of phenols is 1. The highest BCUT2D eigenvalue weighted by Crippen LogP contribution is 2.25. The normalized spacial score (nSPS) is 11.5. The third-order valence-electron chi connectivity index (χ3n) is 2.71. The third-order valence-corrected chi connectivity index (χ3v) is 4.31. The lowest BCUT2D eigenvalue weighted by Gasteiger charge is -2.11. The van der Waals surface area contributed by atoms with E-state index in [9.17, 15) is 18.3 Å². The van der Waals surface area contributed by atoms with E-state index in [4.69, 9.17) is 5.11 Å². The Labute approximate surface area is 117 Å². The number of sulfonamides is 1. The van der Waals surface area contributed by atoms with Crippen LogP contribution in [0.3, 0.4) is 0 Å². The molecule has 0 fully saturated rings. The molecule has 0 amide bonds. The summed E-state index contributed by atoms with van der Waals surface area (Å²) in [5.74, 6) is -1.83. The van der Waals surface area contributed by atoms with Gasteiger partial charge in [-0.2, -0.15) is 0 Å². The van der Waals surface area contributed by atoms with Gasteiger partial charge in [0, 0.05) is 6.54 Å². The zero-order valence-electron chi connectivity index (χ0n) is 11.3. The van der Waals surface area contributed by atoms with Crippen LogP contribution in [0.15, 0.2) is 17.0 Å². The first kappa shape index (κ1) is 16.4. The fourth-order valence-corrected chi connectivity index (χ4v) is 3.01. The monoisotopic (exact) mass is 302 g/mol. The van der Waals surface area contributed by atoms with Gasteiger partial charge < -0.3 is 15.5 Å². The van der Waals surface area contributed by atoms with E-state index in [2.05, 4.69) is 10.0 Å². The Morgan fingerprint density at radius 3 is 2.50 bits per heavy atom. The summed E-state index contributed by atoms with van der Waals surface area (Å²) >= 11 is 0. The largest absolute Gasteiger partial charge is 0.507 e. The summed E-state index contributed by atoms with van der Waals surface area (Å²) < 4.78 is 26.6. The van der Waals surface area contributed by atoms with Crippen molar-refractivity contribution in [2.24, 2.45) is 0 Å². The van der Waals surface area contributed by atoms with Crippen molar-refractivity contribution in [3.63, 3.8) is 0 Å². The van der Waals surface area contributed by atoms with E-state index in [1.165, 1.54) is 6.92 Å². The van der Waals surface area contributed by atoms with Crippen LogP contribution in [0.5, 0.6) is 5.75 Å². The first-order valence-electron chi connectivity index (χ1n) is 6.00. The SMILES string of the molecule is CNCCCNS(=O)(=O)c1cc(C(=O)O)c(O)cc1C. The molecule has 1 aromatic carbocycles. The average molecular weight is 302 g/mol. The van der Waals surface area contributed by atoms with Gasteiger partial charge in [0.25, 0.3) is 0 Å². The highest BCUT2D eigenvalue weighted by Gasteiger charge is 2.21. The van der Waals surface area contributed by atoms with Crippen LogP contribution in [0, 0.1) is 6.92 Å². The number of hydrogen-bond acceptors (Lipinski definition) is 5. The van der Waals surface area contributed by atoms with Gasteiger partial charge in [-0.1, -0.05) is 0 Å². The van der Waals surface area contributed by atoms with Gasteiger partial charge >= 0.3 is 5.97 Å². The fraction of sp³-hybridized carbons (Fsp3) is 0.417. The van der Waals surface area contributed by atoms with E-state index in [0.717, 1.165) is 12.1 Å². The average Bonchev–Trinajstić information content (AvgIpc) is 2.33. The first-order valence-corrected chi connectivity index (χ1v) is 7.49. The van der Waals surface area contributed by atoms with E-state index in [-0.39, 0.29) is 17.0 Å². The topological polar surface area (TPSA) is 116 Å². The van der Waals surface area contributed by atoms with Crippen molar-refractivity contribution in [1.82, 2.24) is 10.0 Å². The molecule has 0 radical (unpaired) electrons. The molecule has 7 nitrogen and oxygen atoms in total. The zero-order chi connectivity index (χ0) is 15.3. The number of hydrogen-bond donors (Lipinski definition) is 4. The minimum Gasteiger partial charge on any atom is -0.507 e. The minimum atomic E-state index is -3.80. The molecule has 0 saturated heterocycles. The summed E-state index contributed by atoms with van der Waals surface area (Å²) in [4.78, 5) is 10.8. The van der Waals surface area contributed by atoms with Crippen LogP contribution in [0.2, 0.25) is 0 Å². The lowest BCUT2D eigenvalue weighted by atomic mass is 10.1. The van der Waals surface area contributed by atoms with Gasteiger partial charge in [0.1, 0.15) is 11.3 Å². The maximum atomic E-state index is 12.1. The number of aromatic carboxylic acids is 1. The van der Waals surface area contributed by atoms with Crippen LogP contribution in [-0.2, 0) is 10.0 Å². The van der Waals surface area contributed by atoms with Crippen LogP contribution < -0.4 is 10.0 Å². The number of carboxylic acids is 1. The molecule has 0 spiro atoms. The Bertz CT molecular complexity index is 598. The molecule has 0 saturated carbocycles. The van der Waals surface area contributed by atoms with Crippen LogP contribution in [0.1, 0.15) is 22.3 Å². The smallest absolute Gasteiger partial charge is 0.339 e. The van der Waals surface area contributed by atoms with Gasteiger partial charge in [-0.3, -0.25) is 0 Å². The Hall–Kier alpha value is -1.64. The van der Waals surface area contributed by atoms with Crippen molar-refractivity contribution in [3.8, 4) is 5.75 Å². The highest BCUT2D eigenvalue weighted by molar-refractivity contribution is 7.89. The second kappa shape index (κ2) is 6.69. The molecule has 1 rings (SSSR count). The second-order valence-corrected chi connectivity index (χ2v) is 6.03. The number of aromatic hydroxyl groups is 1. The van der Waals surface area contributed by atoms with Gasteiger partial charge in [-0.15, -0.1) is 0 Å². The number of aryl methyl sites for hydroxylation is 1. The quantitative estimate of drug-likeness (QED) is 0.538. The van der Waals surface area contributed by atoms with Crippen molar-refractivity contribution >= 4 is 16.0 Å². The maximum absolute atomic E-state index is 12.1. The molecule has 4 N–H and O–H groups in total. The number of nitrogens with one attached hydrogen (secondary N) is 2. The summed E-state index contributed by atoms with van der Waals surface area (Å²) in [5, 5.41) is 21.3. The molecule has 8 heteroatoms. The number of benzene rings is 1. The van der Waals surface area contributed by atoms with Crippen LogP contribution in [0.4, 0.5) is 0 Å². The molecule has 0 heterocycles. The summed E-state index contributed by atoms with van der Waals surface area (Å²) in [6.07, 6.45) is 0.610. The van der Waals surface area contributed by atoms with E-state index in [0.29, 0.717) is 13.0 Å². The van der Waals surface area contributed by atoms with E-state index in [1.807, 2.05) is 0 Å². The Morgan fingerprint density at radius 1 is 1.30 bits per heavy atom.